The number of unbranched alkanes of at least 4 members (excludes halogenated alkanes) is 4. The van der Waals surface area contributed by atoms with Crippen molar-refractivity contribution in [3.63, 3.8) is 0 Å². The van der Waals surface area contributed by atoms with Gasteiger partial charge in [-0.3, -0.25) is 19.2 Å². The van der Waals surface area contributed by atoms with Crippen molar-refractivity contribution in [2.45, 2.75) is 130 Å². The normalized spacial score (nSPS) is 23.6. The van der Waals surface area contributed by atoms with Crippen molar-refractivity contribution >= 4 is 23.9 Å². The third-order valence-corrected chi connectivity index (χ3v) is 9.25. The molecular weight excluding hydrogens is 564 g/mol. The van der Waals surface area contributed by atoms with Crippen molar-refractivity contribution in [2.24, 2.45) is 23.2 Å². The maximum atomic E-state index is 12.9. The summed E-state index contributed by atoms with van der Waals surface area (Å²) in [6.45, 7) is 13.1. The molecule has 0 aromatic heterocycles. The smallest absolute Gasteiger partial charge is 0.323 e. The molecule has 0 heterocycles. The van der Waals surface area contributed by atoms with Gasteiger partial charge in [0.25, 0.3) is 0 Å². The van der Waals surface area contributed by atoms with Crippen LogP contribution >= 0.6 is 0 Å². The van der Waals surface area contributed by atoms with Crippen molar-refractivity contribution < 1.29 is 38.1 Å². The molecule has 6 atom stereocenters. The van der Waals surface area contributed by atoms with Gasteiger partial charge in [0.2, 0.25) is 0 Å². The number of rotatable bonds is 24. The third kappa shape index (κ3) is 13.0. The second kappa shape index (κ2) is 20.8. The highest BCUT2D eigenvalue weighted by Crippen LogP contribution is 2.58. The Hall–Kier alpha value is -2.20. The lowest BCUT2D eigenvalue weighted by molar-refractivity contribution is -0.153. The first-order valence-corrected chi connectivity index (χ1v) is 17.3. The zero-order valence-electron chi connectivity index (χ0n) is 28.1. The average molecular weight is 625 g/mol. The van der Waals surface area contributed by atoms with Crippen LogP contribution in [0, 0.1) is 23.2 Å². The van der Waals surface area contributed by atoms with Crippen molar-refractivity contribution in [1.29, 1.82) is 0 Å². The van der Waals surface area contributed by atoms with E-state index in [2.05, 4.69) is 17.6 Å². The summed E-state index contributed by atoms with van der Waals surface area (Å²) in [5, 5.41) is 6.73. The quantitative estimate of drug-likeness (QED) is 0.0849. The van der Waals surface area contributed by atoms with Crippen molar-refractivity contribution in [3.8, 4) is 0 Å². The molecule has 0 aromatic carbocycles. The zero-order valence-corrected chi connectivity index (χ0v) is 28.1. The minimum atomic E-state index is -0.731. The van der Waals surface area contributed by atoms with Gasteiger partial charge in [-0.15, -0.1) is 0 Å². The number of esters is 4. The second-order valence-electron chi connectivity index (χ2n) is 13.0. The summed E-state index contributed by atoms with van der Waals surface area (Å²) in [7, 11) is 0. The fourth-order valence-corrected chi connectivity index (χ4v) is 6.34. The summed E-state index contributed by atoms with van der Waals surface area (Å²) in [6, 6.07) is -1.45. The second-order valence-corrected chi connectivity index (χ2v) is 13.0. The number of carbonyl (C=O) groups is 4. The van der Waals surface area contributed by atoms with Crippen molar-refractivity contribution in [2.75, 3.05) is 39.5 Å². The van der Waals surface area contributed by atoms with Crippen LogP contribution in [0.3, 0.4) is 0 Å². The van der Waals surface area contributed by atoms with E-state index in [0.29, 0.717) is 57.3 Å². The van der Waals surface area contributed by atoms with Gasteiger partial charge in [0, 0.05) is 6.54 Å². The van der Waals surface area contributed by atoms with Crippen LogP contribution in [0.4, 0.5) is 0 Å². The summed E-state index contributed by atoms with van der Waals surface area (Å²) in [4.78, 5) is 50.6. The molecule has 2 N–H and O–H groups in total. The van der Waals surface area contributed by atoms with Crippen LogP contribution in [0.15, 0.2) is 0 Å². The van der Waals surface area contributed by atoms with E-state index in [1.165, 1.54) is 0 Å². The van der Waals surface area contributed by atoms with Crippen LogP contribution in [-0.4, -0.2) is 75.5 Å². The maximum absolute atomic E-state index is 12.9. The van der Waals surface area contributed by atoms with Gasteiger partial charge in [-0.25, -0.2) is 0 Å². The molecular formula is C34H60N2O8. The first-order valence-electron chi connectivity index (χ1n) is 17.3. The molecule has 10 nitrogen and oxygen atoms in total. The molecule has 6 unspecified atom stereocenters. The van der Waals surface area contributed by atoms with Crippen molar-refractivity contribution in [1.82, 2.24) is 10.6 Å². The van der Waals surface area contributed by atoms with E-state index in [1.807, 2.05) is 27.7 Å². The number of carbonyl (C=O) groups excluding carboxylic acids is 4. The van der Waals surface area contributed by atoms with Gasteiger partial charge < -0.3 is 29.6 Å². The van der Waals surface area contributed by atoms with E-state index in [1.54, 1.807) is 0 Å². The van der Waals surface area contributed by atoms with Crippen LogP contribution in [0.5, 0.6) is 0 Å². The highest BCUT2D eigenvalue weighted by atomic mass is 16.5. The molecule has 0 saturated heterocycles. The van der Waals surface area contributed by atoms with Crippen LogP contribution in [0.2, 0.25) is 0 Å². The van der Waals surface area contributed by atoms with Gasteiger partial charge >= 0.3 is 23.9 Å². The molecule has 2 aliphatic rings. The number of ether oxygens (including phenoxy) is 4. The summed E-state index contributed by atoms with van der Waals surface area (Å²) in [6.07, 6.45) is 9.87. The van der Waals surface area contributed by atoms with E-state index in [4.69, 9.17) is 18.9 Å². The monoisotopic (exact) mass is 624 g/mol. The van der Waals surface area contributed by atoms with E-state index in [-0.39, 0.29) is 30.2 Å². The van der Waals surface area contributed by atoms with Crippen molar-refractivity contribution in [3.05, 3.63) is 0 Å². The predicted octanol–water partition coefficient (Wildman–Crippen LogP) is 5.11. The summed E-state index contributed by atoms with van der Waals surface area (Å²) < 4.78 is 21.6. The van der Waals surface area contributed by atoms with E-state index < -0.39 is 24.0 Å². The molecule has 0 aromatic rings. The Bertz CT molecular complexity index is 883. The molecule has 10 heteroatoms. The number of nitrogens with one attached hydrogen (secondary N) is 2. The Balaban J connectivity index is 1.93. The largest absolute Gasteiger partial charge is 0.466 e. The third-order valence-electron chi connectivity index (χ3n) is 9.25. The number of hydrogen-bond acceptors (Lipinski definition) is 10. The first kappa shape index (κ1) is 38.0. The standard InChI is InChI=1S/C34H60N2O8/c1-6-10-14-41-30(37)20-28(32(39)43-16-12-8-3)35-23-26-19-27-18-25(26)22-34(27,5)24-36-29(33(40)44-17-13-9-4)21-31(38)42-15-11-7-2/h25-29,35-36H,6-24H2,1-5H3. The minimum Gasteiger partial charge on any atom is -0.466 e. The molecule has 0 amide bonds. The van der Waals surface area contributed by atoms with Crippen LogP contribution in [0.25, 0.3) is 0 Å². The molecule has 44 heavy (non-hydrogen) atoms. The fourth-order valence-electron chi connectivity index (χ4n) is 6.34. The first-order chi connectivity index (χ1) is 21.2. The van der Waals surface area contributed by atoms with E-state index in [9.17, 15) is 19.2 Å². The Kier molecular flexibility index (Phi) is 17.9. The van der Waals surface area contributed by atoms with Gasteiger partial charge in [-0.1, -0.05) is 60.3 Å². The van der Waals surface area contributed by atoms with E-state index >= 15 is 0 Å². The van der Waals surface area contributed by atoms with Gasteiger partial charge in [-0.2, -0.15) is 0 Å². The van der Waals surface area contributed by atoms with Crippen LogP contribution in [-0.2, 0) is 38.1 Å². The van der Waals surface area contributed by atoms with Gasteiger partial charge in [-0.05, 0) is 74.7 Å². The minimum absolute atomic E-state index is 0.0171. The summed E-state index contributed by atoms with van der Waals surface area (Å²) >= 11 is 0. The highest BCUT2D eigenvalue weighted by molar-refractivity contribution is 5.83. The molecule has 0 spiro atoms. The maximum Gasteiger partial charge on any atom is 0.323 e. The zero-order chi connectivity index (χ0) is 32.4. The molecule has 2 bridgehead atoms. The Morgan fingerprint density at radius 3 is 1.57 bits per heavy atom. The van der Waals surface area contributed by atoms with Gasteiger partial charge in [0.05, 0.1) is 39.3 Å². The lowest BCUT2D eigenvalue weighted by Gasteiger charge is -2.38. The fraction of sp³-hybridized carbons (Fsp3) is 0.882. The summed E-state index contributed by atoms with van der Waals surface area (Å²) in [5.74, 6) is -0.247. The molecule has 254 valence electrons. The van der Waals surface area contributed by atoms with Gasteiger partial charge in [0.1, 0.15) is 12.1 Å². The van der Waals surface area contributed by atoms with Crippen LogP contribution in [0.1, 0.15) is 118 Å². The van der Waals surface area contributed by atoms with Gasteiger partial charge in [0.15, 0.2) is 0 Å². The molecule has 0 aliphatic heterocycles. The Morgan fingerprint density at radius 2 is 1.14 bits per heavy atom. The molecule has 2 saturated carbocycles. The number of hydrogen-bond donors (Lipinski definition) is 2. The van der Waals surface area contributed by atoms with Crippen LogP contribution < -0.4 is 10.6 Å². The Morgan fingerprint density at radius 1 is 0.682 bits per heavy atom. The molecule has 0 radical (unpaired) electrons. The molecule has 2 fully saturated rings. The Labute approximate surface area is 265 Å². The molecule has 2 aliphatic carbocycles. The SMILES string of the molecule is CCCCOC(=O)CC(NCC1CC2CC1CC2(C)CNC(CC(=O)OCCCC)C(=O)OCCCC)C(=O)OCCCC. The average Bonchev–Trinajstić information content (AvgIpc) is 3.55. The summed E-state index contributed by atoms with van der Waals surface area (Å²) in [5.41, 5.74) is -0.0171. The highest BCUT2D eigenvalue weighted by Gasteiger charge is 2.52. The van der Waals surface area contributed by atoms with E-state index in [0.717, 1.165) is 70.6 Å². The lowest BCUT2D eigenvalue weighted by atomic mass is 9.71. The predicted molar refractivity (Wildman–Crippen MR) is 169 cm³/mol. The lowest BCUT2D eigenvalue weighted by Crippen LogP contribution is -2.48. The molecule has 2 rings (SSSR count). The topological polar surface area (TPSA) is 129 Å². The number of fused-ring (bicyclic) bond motifs is 2.